The first kappa shape index (κ1) is 26.2. The number of aromatic nitrogens is 4. The molecule has 0 spiro atoms. The summed E-state index contributed by atoms with van der Waals surface area (Å²) in [6.07, 6.45) is 8.32. The van der Waals surface area contributed by atoms with Gasteiger partial charge in [-0.1, -0.05) is 42.1 Å². The van der Waals surface area contributed by atoms with Gasteiger partial charge in [-0.2, -0.15) is 0 Å². The lowest BCUT2D eigenvalue weighted by molar-refractivity contribution is 0.115. The monoisotopic (exact) mass is 545 g/mol. The first-order valence-corrected chi connectivity index (χ1v) is 14.9. The Hall–Kier alpha value is -3.01. The quantitative estimate of drug-likeness (QED) is 0.298. The number of hydrogen-bond donors (Lipinski definition) is 1. The Morgan fingerprint density at radius 2 is 1.59 bits per heavy atom. The van der Waals surface area contributed by atoms with Crippen molar-refractivity contribution in [3.63, 3.8) is 0 Å². The molecule has 4 heterocycles. The van der Waals surface area contributed by atoms with Crippen molar-refractivity contribution in [2.24, 2.45) is 5.92 Å². The minimum Gasteiger partial charge on any atom is -0.368 e. The molecular formula is C30H36FN7S. The zero-order valence-electron chi connectivity index (χ0n) is 22.3. The lowest BCUT2D eigenvalue weighted by Crippen LogP contribution is -2.41. The summed E-state index contributed by atoms with van der Waals surface area (Å²) in [5.41, 5.74) is 9.82. The van der Waals surface area contributed by atoms with Gasteiger partial charge < -0.3 is 15.2 Å². The maximum atomic E-state index is 14.0. The number of anilines is 1. The highest BCUT2D eigenvalue weighted by Gasteiger charge is 2.28. The summed E-state index contributed by atoms with van der Waals surface area (Å²) >= 11 is 1.75. The van der Waals surface area contributed by atoms with Crippen LogP contribution in [-0.2, 0) is 12.3 Å². The predicted molar refractivity (Wildman–Crippen MR) is 155 cm³/mol. The van der Waals surface area contributed by atoms with Crippen LogP contribution in [0.4, 0.5) is 10.3 Å². The van der Waals surface area contributed by atoms with Crippen LogP contribution in [0.5, 0.6) is 0 Å². The van der Waals surface area contributed by atoms with Gasteiger partial charge in [-0.15, -0.1) is 0 Å². The fraction of sp³-hybridized carbons (Fsp3) is 0.433. The average molecular weight is 546 g/mol. The Bertz CT molecular complexity index is 1360. The van der Waals surface area contributed by atoms with Crippen molar-refractivity contribution in [3.05, 3.63) is 77.9 Å². The van der Waals surface area contributed by atoms with Crippen molar-refractivity contribution in [1.29, 1.82) is 0 Å². The fourth-order valence-corrected chi connectivity index (χ4v) is 7.02. The third-order valence-corrected chi connectivity index (χ3v) is 9.13. The van der Waals surface area contributed by atoms with E-state index >= 15 is 0 Å². The van der Waals surface area contributed by atoms with E-state index in [2.05, 4.69) is 48.6 Å². The van der Waals surface area contributed by atoms with Gasteiger partial charge in [0.15, 0.2) is 5.16 Å². The molecule has 0 aliphatic carbocycles. The summed E-state index contributed by atoms with van der Waals surface area (Å²) in [7, 11) is 0. The van der Waals surface area contributed by atoms with Crippen LogP contribution in [-0.4, -0.2) is 62.0 Å². The average Bonchev–Trinajstić information content (AvgIpc) is 3.32. The molecule has 7 nitrogen and oxygen atoms in total. The number of nitrogen functional groups attached to an aromatic ring is 1. The summed E-state index contributed by atoms with van der Waals surface area (Å²) in [4.78, 5) is 18.3. The fourth-order valence-electron chi connectivity index (χ4n) is 5.98. The molecule has 0 bridgehead atoms. The Kier molecular flexibility index (Phi) is 8.08. The van der Waals surface area contributed by atoms with E-state index < -0.39 is 0 Å². The molecule has 39 heavy (non-hydrogen) atoms. The largest absolute Gasteiger partial charge is 0.368 e. The second-order valence-electron chi connectivity index (χ2n) is 10.9. The Balaban J connectivity index is 1.04. The molecule has 0 saturated carbocycles. The number of hydrogen-bond acceptors (Lipinski definition) is 7. The normalized spacial score (nSPS) is 18.2. The maximum absolute atomic E-state index is 14.0. The SMILES string of the molecule is Nc1ncc(CN2CCC(CN3CCC(n4c(SCc5ccccc5)nc5cc(F)ccc54)CC3)CC2)cn1. The molecule has 6 rings (SSSR count). The van der Waals surface area contributed by atoms with E-state index in [-0.39, 0.29) is 5.82 Å². The zero-order chi connectivity index (χ0) is 26.6. The summed E-state index contributed by atoms with van der Waals surface area (Å²) in [6, 6.07) is 15.9. The predicted octanol–water partition coefficient (Wildman–Crippen LogP) is 5.39. The molecule has 0 amide bonds. The number of nitrogens with zero attached hydrogens (tertiary/aromatic N) is 6. The van der Waals surface area contributed by atoms with E-state index in [1.54, 1.807) is 23.9 Å². The molecule has 2 aliphatic heterocycles. The van der Waals surface area contributed by atoms with Crippen LogP contribution in [0, 0.1) is 11.7 Å². The minimum atomic E-state index is -0.227. The van der Waals surface area contributed by atoms with E-state index in [4.69, 9.17) is 10.7 Å². The standard InChI is InChI=1S/C30H36FN7S/c31-25-6-7-28-27(16-25)35-30(39-21-23-4-2-1-3-5-23)38(28)26-10-14-37(15-11-26)19-22-8-12-36(13-9-22)20-24-17-33-29(32)34-18-24/h1-7,16-18,22,26H,8-15,19-21H2,(H2,32,33,34). The Morgan fingerprint density at radius 1 is 0.872 bits per heavy atom. The highest BCUT2D eigenvalue weighted by molar-refractivity contribution is 7.98. The topological polar surface area (TPSA) is 76.1 Å². The third-order valence-electron chi connectivity index (χ3n) is 8.11. The molecule has 4 aromatic rings. The number of fused-ring (bicyclic) bond motifs is 1. The first-order valence-electron chi connectivity index (χ1n) is 14.0. The Morgan fingerprint density at radius 3 is 2.33 bits per heavy atom. The molecule has 2 fully saturated rings. The third kappa shape index (κ3) is 6.42. The van der Waals surface area contributed by atoms with Crippen LogP contribution >= 0.6 is 11.8 Å². The van der Waals surface area contributed by atoms with Crippen LogP contribution in [0.2, 0.25) is 0 Å². The van der Waals surface area contributed by atoms with Crippen LogP contribution < -0.4 is 5.73 Å². The smallest absolute Gasteiger partial charge is 0.219 e. The van der Waals surface area contributed by atoms with E-state index in [9.17, 15) is 4.39 Å². The molecule has 2 aromatic carbocycles. The van der Waals surface area contributed by atoms with Gasteiger partial charge in [0.05, 0.1) is 11.0 Å². The minimum absolute atomic E-state index is 0.227. The number of likely N-dealkylation sites (tertiary alicyclic amines) is 2. The van der Waals surface area contributed by atoms with Crippen LogP contribution in [0.25, 0.3) is 11.0 Å². The molecule has 204 valence electrons. The summed E-state index contributed by atoms with van der Waals surface area (Å²) in [5.74, 6) is 1.71. The van der Waals surface area contributed by atoms with Crippen LogP contribution in [0.3, 0.4) is 0 Å². The van der Waals surface area contributed by atoms with Crippen molar-refractivity contribution in [2.75, 3.05) is 38.5 Å². The van der Waals surface area contributed by atoms with Gasteiger partial charge in [0.25, 0.3) is 0 Å². The number of thioether (sulfide) groups is 1. The number of halogens is 1. The molecule has 2 aromatic heterocycles. The van der Waals surface area contributed by atoms with Crippen LogP contribution in [0.1, 0.15) is 42.9 Å². The maximum Gasteiger partial charge on any atom is 0.219 e. The highest BCUT2D eigenvalue weighted by Crippen LogP contribution is 2.35. The lowest BCUT2D eigenvalue weighted by Gasteiger charge is -2.38. The second kappa shape index (κ2) is 12.0. The summed E-state index contributed by atoms with van der Waals surface area (Å²) in [5, 5.41) is 0.997. The number of imidazole rings is 1. The highest BCUT2D eigenvalue weighted by atomic mass is 32.2. The van der Waals surface area contributed by atoms with E-state index in [0.717, 1.165) is 79.0 Å². The molecule has 0 atom stereocenters. The zero-order valence-corrected chi connectivity index (χ0v) is 23.1. The van der Waals surface area contributed by atoms with Gasteiger partial charge in [-0.3, -0.25) is 4.90 Å². The van der Waals surface area contributed by atoms with Gasteiger partial charge in [-0.05, 0) is 62.4 Å². The van der Waals surface area contributed by atoms with Crippen LogP contribution in [0.15, 0.2) is 66.1 Å². The van der Waals surface area contributed by atoms with E-state index in [1.165, 1.54) is 24.9 Å². The first-order chi connectivity index (χ1) is 19.1. The van der Waals surface area contributed by atoms with Crippen molar-refractivity contribution in [1.82, 2.24) is 29.3 Å². The summed E-state index contributed by atoms with van der Waals surface area (Å²) < 4.78 is 16.4. The molecule has 0 radical (unpaired) electrons. The van der Waals surface area contributed by atoms with E-state index in [1.807, 2.05) is 24.5 Å². The van der Waals surface area contributed by atoms with Gasteiger partial charge in [0.1, 0.15) is 5.82 Å². The van der Waals surface area contributed by atoms with Gasteiger partial charge in [0.2, 0.25) is 5.95 Å². The van der Waals surface area contributed by atoms with E-state index in [0.29, 0.717) is 12.0 Å². The number of benzene rings is 2. The van der Waals surface area contributed by atoms with Gasteiger partial charge >= 0.3 is 0 Å². The van der Waals surface area contributed by atoms with Gasteiger partial charge in [-0.25, -0.2) is 19.3 Å². The molecule has 2 aliphatic rings. The number of piperidine rings is 2. The molecule has 9 heteroatoms. The number of rotatable bonds is 8. The van der Waals surface area contributed by atoms with Crippen molar-refractivity contribution >= 4 is 28.7 Å². The van der Waals surface area contributed by atoms with Crippen molar-refractivity contribution < 1.29 is 4.39 Å². The molecular weight excluding hydrogens is 509 g/mol. The van der Waals surface area contributed by atoms with Gasteiger partial charge in [0, 0.05) is 62.0 Å². The summed E-state index contributed by atoms with van der Waals surface area (Å²) in [6.45, 7) is 6.49. The van der Waals surface area contributed by atoms with Crippen molar-refractivity contribution in [3.8, 4) is 0 Å². The molecule has 2 saturated heterocycles. The Labute approximate surface area is 233 Å². The second-order valence-corrected chi connectivity index (χ2v) is 11.8. The molecule has 0 unspecified atom stereocenters. The number of nitrogens with two attached hydrogens (primary N) is 1. The lowest BCUT2D eigenvalue weighted by atomic mass is 9.94. The molecule has 2 N–H and O–H groups in total. The van der Waals surface area contributed by atoms with Crippen molar-refractivity contribution in [2.45, 2.75) is 49.2 Å².